The number of halogens is 1. The van der Waals surface area contributed by atoms with Crippen LogP contribution in [-0.2, 0) is 16.6 Å². The van der Waals surface area contributed by atoms with E-state index in [4.69, 9.17) is 5.11 Å². The van der Waals surface area contributed by atoms with E-state index in [1.165, 1.54) is 31.4 Å². The number of aliphatic hydroxyl groups excluding tert-OH is 1. The Labute approximate surface area is 125 Å². The zero-order chi connectivity index (χ0) is 15.3. The fraction of sp³-hybridized carbons (Fsp3) is 0.600. The van der Waals surface area contributed by atoms with Gasteiger partial charge in [0.1, 0.15) is 10.7 Å². The molecule has 0 bridgehead atoms. The fourth-order valence-corrected chi connectivity index (χ4v) is 3.98. The molecule has 118 valence electrons. The number of sulfonamides is 1. The normalized spacial score (nSPS) is 17.0. The Kier molecular flexibility index (Phi) is 5.72. The molecule has 0 amide bonds. The summed E-state index contributed by atoms with van der Waals surface area (Å²) in [6.45, 7) is 0.0146. The lowest BCUT2D eigenvalue weighted by atomic mass is 9.87. The van der Waals surface area contributed by atoms with Crippen LogP contribution in [0.3, 0.4) is 0 Å². The summed E-state index contributed by atoms with van der Waals surface area (Å²) in [6, 6.07) is 3.62. The molecule has 0 aromatic heterocycles. The summed E-state index contributed by atoms with van der Waals surface area (Å²) in [5.41, 5.74) is 0.379. The van der Waals surface area contributed by atoms with Crippen molar-refractivity contribution in [1.29, 1.82) is 0 Å². The van der Waals surface area contributed by atoms with Crippen LogP contribution in [0.2, 0.25) is 0 Å². The van der Waals surface area contributed by atoms with Crippen LogP contribution in [0.15, 0.2) is 23.1 Å². The third kappa shape index (κ3) is 4.49. The second-order valence-corrected chi connectivity index (χ2v) is 7.35. The van der Waals surface area contributed by atoms with Gasteiger partial charge in [0.2, 0.25) is 10.0 Å². The number of nitrogens with one attached hydrogen (secondary N) is 1. The van der Waals surface area contributed by atoms with Crippen LogP contribution in [0.25, 0.3) is 0 Å². The zero-order valence-corrected chi connectivity index (χ0v) is 12.8. The Morgan fingerprint density at radius 1 is 1.24 bits per heavy atom. The zero-order valence-electron chi connectivity index (χ0n) is 12.0. The molecule has 1 aliphatic rings. The van der Waals surface area contributed by atoms with Crippen LogP contribution in [0.1, 0.15) is 44.1 Å². The summed E-state index contributed by atoms with van der Waals surface area (Å²) >= 11 is 0. The van der Waals surface area contributed by atoms with Gasteiger partial charge in [-0.05, 0) is 30.0 Å². The first-order valence-electron chi connectivity index (χ1n) is 7.42. The smallest absolute Gasteiger partial charge is 0.243 e. The predicted octanol–water partition coefficient (Wildman–Crippen LogP) is 2.57. The average molecular weight is 315 g/mol. The highest BCUT2D eigenvalue weighted by molar-refractivity contribution is 7.89. The third-order valence-corrected chi connectivity index (χ3v) is 5.51. The molecule has 0 atom stereocenters. The monoisotopic (exact) mass is 315 g/mol. The number of hydrogen-bond acceptors (Lipinski definition) is 3. The Balaban J connectivity index is 1.97. The lowest BCUT2D eigenvalue weighted by Gasteiger charge is -2.21. The molecule has 2 N–H and O–H groups in total. The van der Waals surface area contributed by atoms with Crippen molar-refractivity contribution in [3.8, 4) is 0 Å². The van der Waals surface area contributed by atoms with Crippen LogP contribution in [0.5, 0.6) is 0 Å². The third-order valence-electron chi connectivity index (χ3n) is 4.04. The first kappa shape index (κ1) is 16.4. The van der Waals surface area contributed by atoms with Gasteiger partial charge in [0.25, 0.3) is 0 Å². The SMILES string of the molecule is O=S(=O)(NCCC1CCCCC1)c1cc(CO)ccc1F. The molecule has 2 rings (SSSR count). The Morgan fingerprint density at radius 3 is 2.62 bits per heavy atom. The second kappa shape index (κ2) is 7.33. The maximum Gasteiger partial charge on any atom is 0.243 e. The van der Waals surface area contributed by atoms with E-state index in [-0.39, 0.29) is 6.61 Å². The number of benzene rings is 1. The molecule has 1 aromatic rings. The molecule has 0 radical (unpaired) electrons. The highest BCUT2D eigenvalue weighted by Gasteiger charge is 2.20. The standard InChI is InChI=1S/C15H22FNO3S/c16-14-7-6-13(11-18)10-15(14)21(19,20)17-9-8-12-4-2-1-3-5-12/h6-7,10,12,17-18H,1-5,8-9,11H2. The molecule has 1 aliphatic carbocycles. The Morgan fingerprint density at radius 2 is 1.95 bits per heavy atom. The minimum atomic E-state index is -3.86. The van der Waals surface area contributed by atoms with Gasteiger partial charge in [0, 0.05) is 6.54 Å². The van der Waals surface area contributed by atoms with E-state index < -0.39 is 20.7 Å². The molecule has 4 nitrogen and oxygen atoms in total. The van der Waals surface area contributed by atoms with Crippen LogP contribution in [-0.4, -0.2) is 20.1 Å². The number of aliphatic hydroxyl groups is 1. The first-order chi connectivity index (χ1) is 10.0. The van der Waals surface area contributed by atoms with Gasteiger partial charge in [0.15, 0.2) is 0 Å². The van der Waals surface area contributed by atoms with Crippen LogP contribution >= 0.6 is 0 Å². The van der Waals surface area contributed by atoms with Gasteiger partial charge in [0.05, 0.1) is 6.61 Å². The quantitative estimate of drug-likeness (QED) is 0.848. The molecule has 0 unspecified atom stereocenters. The fourth-order valence-electron chi connectivity index (χ4n) is 2.80. The molecule has 1 saturated carbocycles. The summed E-state index contributed by atoms with van der Waals surface area (Å²) in [7, 11) is -3.86. The lowest BCUT2D eigenvalue weighted by Crippen LogP contribution is -2.27. The van der Waals surface area contributed by atoms with Crippen LogP contribution in [0, 0.1) is 11.7 Å². The Bertz CT molecular complexity index is 568. The van der Waals surface area contributed by atoms with Crippen molar-refractivity contribution in [2.75, 3.05) is 6.54 Å². The molecule has 1 aromatic carbocycles. The van der Waals surface area contributed by atoms with E-state index >= 15 is 0 Å². The van der Waals surface area contributed by atoms with Crippen molar-refractivity contribution in [1.82, 2.24) is 4.72 Å². The largest absolute Gasteiger partial charge is 0.392 e. The molecule has 21 heavy (non-hydrogen) atoms. The lowest BCUT2D eigenvalue weighted by molar-refractivity contribution is 0.281. The summed E-state index contributed by atoms with van der Waals surface area (Å²) in [4.78, 5) is -0.391. The van der Waals surface area contributed by atoms with E-state index in [1.807, 2.05) is 0 Å². The van der Waals surface area contributed by atoms with Crippen molar-refractivity contribution in [2.45, 2.75) is 50.0 Å². The van der Waals surface area contributed by atoms with E-state index in [0.29, 0.717) is 18.0 Å². The molecular formula is C15H22FNO3S. The maximum atomic E-state index is 13.7. The number of rotatable bonds is 6. The molecule has 6 heteroatoms. The second-order valence-electron chi connectivity index (χ2n) is 5.61. The van der Waals surface area contributed by atoms with Gasteiger partial charge in [-0.15, -0.1) is 0 Å². The van der Waals surface area contributed by atoms with Gasteiger partial charge >= 0.3 is 0 Å². The minimum Gasteiger partial charge on any atom is -0.392 e. The Hall–Kier alpha value is -0.980. The van der Waals surface area contributed by atoms with Crippen molar-refractivity contribution in [3.63, 3.8) is 0 Å². The predicted molar refractivity (Wildman–Crippen MR) is 78.7 cm³/mol. The van der Waals surface area contributed by atoms with Crippen molar-refractivity contribution >= 4 is 10.0 Å². The van der Waals surface area contributed by atoms with Crippen molar-refractivity contribution in [3.05, 3.63) is 29.6 Å². The van der Waals surface area contributed by atoms with Gasteiger partial charge in [-0.3, -0.25) is 0 Å². The molecular weight excluding hydrogens is 293 g/mol. The molecule has 0 saturated heterocycles. The van der Waals surface area contributed by atoms with E-state index in [1.54, 1.807) is 0 Å². The summed E-state index contributed by atoms with van der Waals surface area (Å²) in [5, 5.41) is 9.03. The van der Waals surface area contributed by atoms with Gasteiger partial charge in [-0.2, -0.15) is 0 Å². The van der Waals surface area contributed by atoms with Gasteiger partial charge in [-0.25, -0.2) is 17.5 Å². The summed E-state index contributed by atoms with van der Waals surface area (Å²) in [5.74, 6) is -0.229. The molecule has 0 heterocycles. The van der Waals surface area contributed by atoms with Crippen LogP contribution < -0.4 is 4.72 Å². The maximum absolute atomic E-state index is 13.7. The van der Waals surface area contributed by atoms with Crippen molar-refractivity contribution < 1.29 is 17.9 Å². The molecule has 0 aliphatic heterocycles. The molecule has 0 spiro atoms. The van der Waals surface area contributed by atoms with E-state index in [0.717, 1.165) is 25.3 Å². The highest BCUT2D eigenvalue weighted by atomic mass is 32.2. The van der Waals surface area contributed by atoms with Crippen LogP contribution in [0.4, 0.5) is 4.39 Å². The average Bonchev–Trinajstić information content (AvgIpc) is 2.48. The summed E-state index contributed by atoms with van der Waals surface area (Å²) < 4.78 is 40.4. The first-order valence-corrected chi connectivity index (χ1v) is 8.90. The van der Waals surface area contributed by atoms with Gasteiger partial charge in [-0.1, -0.05) is 38.2 Å². The van der Waals surface area contributed by atoms with E-state index in [9.17, 15) is 12.8 Å². The molecule has 1 fully saturated rings. The van der Waals surface area contributed by atoms with Crippen molar-refractivity contribution in [2.24, 2.45) is 5.92 Å². The topological polar surface area (TPSA) is 66.4 Å². The highest BCUT2D eigenvalue weighted by Crippen LogP contribution is 2.26. The van der Waals surface area contributed by atoms with E-state index in [2.05, 4.69) is 4.72 Å². The number of hydrogen-bond donors (Lipinski definition) is 2. The minimum absolute atomic E-state index is 0.315. The summed E-state index contributed by atoms with van der Waals surface area (Å²) in [6.07, 6.45) is 6.78. The van der Waals surface area contributed by atoms with Gasteiger partial charge < -0.3 is 5.11 Å².